The van der Waals surface area contributed by atoms with Gasteiger partial charge in [0.25, 0.3) is 7.37 Å². The van der Waals surface area contributed by atoms with Gasteiger partial charge in [-0.25, -0.2) is 0 Å². The fraction of sp³-hybridized carbons (Fsp3) is 0.143. The molecule has 0 bridgehead atoms. The van der Waals surface area contributed by atoms with Gasteiger partial charge >= 0.3 is 0 Å². The molecule has 3 aromatic carbocycles. The van der Waals surface area contributed by atoms with Crippen LogP contribution >= 0.6 is 7.37 Å². The van der Waals surface area contributed by atoms with E-state index in [4.69, 9.17) is 4.52 Å². The molecule has 4 rings (SSSR count). The van der Waals surface area contributed by atoms with Gasteiger partial charge in [-0.1, -0.05) is 78.9 Å². The molecule has 126 valence electrons. The molecule has 0 aliphatic carbocycles. The Hall–Kier alpha value is -2.19. The molecule has 25 heavy (non-hydrogen) atoms. The summed E-state index contributed by atoms with van der Waals surface area (Å²) in [5.74, 6) is -0.366. The normalized spacial score (nSPS) is 26.2. The summed E-state index contributed by atoms with van der Waals surface area (Å²) >= 11 is 0. The third kappa shape index (κ3) is 3.19. The monoisotopic (exact) mass is 349 g/mol. The van der Waals surface area contributed by atoms with Crippen LogP contribution in [0.4, 0.5) is 0 Å². The highest BCUT2D eigenvalue weighted by Crippen LogP contribution is 2.60. The second kappa shape index (κ2) is 6.97. The van der Waals surface area contributed by atoms with Gasteiger partial charge in [-0.3, -0.25) is 9.88 Å². The number of benzene rings is 3. The Morgan fingerprint density at radius 1 is 0.760 bits per heavy atom. The van der Waals surface area contributed by atoms with Crippen molar-refractivity contribution < 1.29 is 9.09 Å². The van der Waals surface area contributed by atoms with Crippen LogP contribution in [0.25, 0.3) is 0 Å². The lowest BCUT2D eigenvalue weighted by Crippen LogP contribution is -2.37. The van der Waals surface area contributed by atoms with Crippen molar-refractivity contribution in [2.75, 3.05) is 6.61 Å². The van der Waals surface area contributed by atoms with Gasteiger partial charge < -0.3 is 4.52 Å². The summed E-state index contributed by atoms with van der Waals surface area (Å²) in [6, 6.07) is 29.6. The molecule has 1 N–H and O–H groups in total. The van der Waals surface area contributed by atoms with Crippen LogP contribution in [-0.2, 0) is 9.09 Å². The van der Waals surface area contributed by atoms with Crippen LogP contribution < -0.4 is 10.6 Å². The van der Waals surface area contributed by atoms with Gasteiger partial charge in [0.15, 0.2) is 0 Å². The Labute approximate surface area is 148 Å². The first-order chi connectivity index (χ1) is 12.3. The third-order valence-electron chi connectivity index (χ3n) is 4.57. The van der Waals surface area contributed by atoms with Gasteiger partial charge in [-0.15, -0.1) is 0 Å². The second-order valence-corrected chi connectivity index (χ2v) is 8.66. The lowest BCUT2D eigenvalue weighted by Gasteiger charge is -2.38. The maximum absolute atomic E-state index is 13.9. The minimum atomic E-state index is -3.07. The van der Waals surface area contributed by atoms with Crippen molar-refractivity contribution >= 4 is 12.7 Å². The Kier molecular flexibility index (Phi) is 4.54. The number of nitrogens with one attached hydrogen (secondary N) is 1. The second-order valence-electron chi connectivity index (χ2n) is 6.17. The van der Waals surface area contributed by atoms with Crippen molar-refractivity contribution in [1.29, 1.82) is 0 Å². The lowest BCUT2D eigenvalue weighted by molar-refractivity contribution is 0.227. The fourth-order valence-corrected chi connectivity index (χ4v) is 5.76. The zero-order chi connectivity index (χ0) is 17.1. The molecular formula is C21H20NO2P. The molecule has 0 amide bonds. The molecule has 3 aromatic rings. The summed E-state index contributed by atoms with van der Waals surface area (Å²) in [6.45, 7) is 0.388. The van der Waals surface area contributed by atoms with Crippen LogP contribution in [-0.4, -0.2) is 6.61 Å². The maximum atomic E-state index is 13.9. The average Bonchev–Trinajstić information content (AvgIpc) is 2.70. The highest BCUT2D eigenvalue weighted by Gasteiger charge is 2.43. The molecule has 1 saturated heterocycles. The van der Waals surface area contributed by atoms with Crippen molar-refractivity contribution in [2.24, 2.45) is 0 Å². The highest BCUT2D eigenvalue weighted by molar-refractivity contribution is 7.67. The van der Waals surface area contributed by atoms with Crippen LogP contribution in [0.3, 0.4) is 0 Å². The first-order valence-electron chi connectivity index (χ1n) is 8.43. The van der Waals surface area contributed by atoms with Crippen molar-refractivity contribution in [1.82, 2.24) is 5.32 Å². The molecule has 1 fully saturated rings. The van der Waals surface area contributed by atoms with E-state index in [1.807, 2.05) is 78.9 Å². The van der Waals surface area contributed by atoms with Crippen LogP contribution in [0.5, 0.6) is 0 Å². The van der Waals surface area contributed by atoms with Gasteiger partial charge in [0, 0.05) is 5.30 Å². The van der Waals surface area contributed by atoms with Crippen molar-refractivity contribution in [3.63, 3.8) is 0 Å². The predicted octanol–water partition coefficient (Wildman–Crippen LogP) is 4.65. The molecule has 3 atom stereocenters. The minimum Gasteiger partial charge on any atom is -0.322 e. The number of hydrogen-bond acceptors (Lipinski definition) is 3. The van der Waals surface area contributed by atoms with Crippen LogP contribution in [0.15, 0.2) is 91.0 Å². The lowest BCUT2D eigenvalue weighted by atomic mass is 10.1. The van der Waals surface area contributed by atoms with Crippen LogP contribution in [0.2, 0.25) is 0 Å². The average molecular weight is 349 g/mol. The fourth-order valence-electron chi connectivity index (χ4n) is 3.26. The number of rotatable bonds is 3. The van der Waals surface area contributed by atoms with Gasteiger partial charge in [-0.05, 0) is 23.3 Å². The molecule has 4 heteroatoms. The Morgan fingerprint density at radius 3 is 1.88 bits per heavy atom. The topological polar surface area (TPSA) is 38.3 Å². The molecule has 0 unspecified atom stereocenters. The molecule has 0 spiro atoms. The molecule has 1 aliphatic rings. The Morgan fingerprint density at radius 2 is 1.28 bits per heavy atom. The standard InChI is InChI=1S/C21H20NO2P/c23-25(19-14-8-3-9-15-19)21(18-12-6-2-7-13-18)22-20(16-24-25)17-10-4-1-5-11-17/h1-15,20-22H,16H2/t20-,21+,25-/m0/s1. The quantitative estimate of drug-likeness (QED) is 0.700. The van der Waals surface area contributed by atoms with E-state index in [2.05, 4.69) is 17.4 Å². The first kappa shape index (κ1) is 16.3. The first-order valence-corrected chi connectivity index (χ1v) is 10.1. The van der Waals surface area contributed by atoms with Crippen molar-refractivity contribution in [3.8, 4) is 0 Å². The molecule has 0 aromatic heterocycles. The van der Waals surface area contributed by atoms with E-state index >= 15 is 0 Å². The van der Waals surface area contributed by atoms with Gasteiger partial charge in [0.05, 0.1) is 12.6 Å². The smallest absolute Gasteiger partial charge is 0.253 e. The predicted molar refractivity (Wildman–Crippen MR) is 101 cm³/mol. The van der Waals surface area contributed by atoms with Crippen LogP contribution in [0, 0.1) is 0 Å². The molecule has 3 nitrogen and oxygen atoms in total. The van der Waals surface area contributed by atoms with Crippen molar-refractivity contribution in [3.05, 3.63) is 102 Å². The summed E-state index contributed by atoms with van der Waals surface area (Å²) in [4.78, 5) is 0. The molecule has 1 heterocycles. The molecule has 0 radical (unpaired) electrons. The van der Waals surface area contributed by atoms with E-state index in [-0.39, 0.29) is 11.8 Å². The van der Waals surface area contributed by atoms with E-state index in [1.54, 1.807) is 0 Å². The maximum Gasteiger partial charge on any atom is 0.253 e. The Bertz CT molecular complexity index is 868. The molecule has 0 saturated carbocycles. The largest absolute Gasteiger partial charge is 0.322 e. The van der Waals surface area contributed by atoms with Gasteiger partial charge in [0.1, 0.15) is 5.78 Å². The summed E-state index contributed by atoms with van der Waals surface area (Å²) in [7, 11) is -3.07. The summed E-state index contributed by atoms with van der Waals surface area (Å²) in [5, 5.41) is 4.34. The van der Waals surface area contributed by atoms with E-state index < -0.39 is 7.37 Å². The summed E-state index contributed by atoms with van der Waals surface area (Å²) in [5.41, 5.74) is 2.12. The van der Waals surface area contributed by atoms with Gasteiger partial charge in [0.2, 0.25) is 0 Å². The van der Waals surface area contributed by atoms with Crippen molar-refractivity contribution in [2.45, 2.75) is 11.8 Å². The molecular weight excluding hydrogens is 329 g/mol. The zero-order valence-electron chi connectivity index (χ0n) is 13.8. The van der Waals surface area contributed by atoms with E-state index in [0.29, 0.717) is 6.61 Å². The molecule has 1 aliphatic heterocycles. The van der Waals surface area contributed by atoms with Crippen LogP contribution in [0.1, 0.15) is 23.0 Å². The van der Waals surface area contributed by atoms with E-state index in [9.17, 15) is 4.57 Å². The highest BCUT2D eigenvalue weighted by atomic mass is 31.2. The Balaban J connectivity index is 1.75. The summed E-state index contributed by atoms with van der Waals surface area (Å²) < 4.78 is 19.9. The summed E-state index contributed by atoms with van der Waals surface area (Å²) in [6.07, 6.45) is 0. The van der Waals surface area contributed by atoms with Gasteiger partial charge in [-0.2, -0.15) is 0 Å². The SMILES string of the molecule is O=[P@@]1(c2ccccc2)OC[C@@H](c2ccccc2)N[C@H]1c1ccccc1. The third-order valence-corrected chi connectivity index (χ3v) is 7.24. The minimum absolute atomic E-state index is 0.0113. The van der Waals surface area contributed by atoms with E-state index in [0.717, 1.165) is 16.4 Å². The number of hydrogen-bond donors (Lipinski definition) is 1. The van der Waals surface area contributed by atoms with E-state index in [1.165, 1.54) is 0 Å². The zero-order valence-corrected chi connectivity index (χ0v) is 14.7.